The number of likely N-dealkylation sites (tertiary alicyclic amines) is 1. The van der Waals surface area contributed by atoms with Crippen molar-refractivity contribution < 1.29 is 4.79 Å². The Balaban J connectivity index is 1.85. The van der Waals surface area contributed by atoms with E-state index in [0.29, 0.717) is 18.4 Å². The molecule has 98 valence electrons. The van der Waals surface area contributed by atoms with Gasteiger partial charge in [0, 0.05) is 23.9 Å². The third-order valence-electron chi connectivity index (χ3n) is 3.30. The van der Waals surface area contributed by atoms with Crippen LogP contribution < -0.4 is 5.32 Å². The molecule has 0 unspecified atom stereocenters. The number of amides is 1. The predicted molar refractivity (Wildman–Crippen MR) is 75.6 cm³/mol. The van der Waals surface area contributed by atoms with Crippen LogP contribution in [-0.2, 0) is 11.3 Å². The van der Waals surface area contributed by atoms with E-state index in [1.54, 1.807) is 11.3 Å². The molecule has 0 saturated carbocycles. The zero-order valence-electron chi connectivity index (χ0n) is 10.6. The number of carbonyl (C=O) groups is 1. The van der Waals surface area contributed by atoms with Crippen LogP contribution in [0.4, 0.5) is 0 Å². The maximum atomic E-state index is 11.9. The van der Waals surface area contributed by atoms with E-state index in [9.17, 15) is 4.79 Å². The lowest BCUT2D eigenvalue weighted by Gasteiger charge is -2.24. The predicted octanol–water partition coefficient (Wildman–Crippen LogP) is 2.40. The molecular formula is C14H20N2OS. The van der Waals surface area contributed by atoms with E-state index in [0.717, 1.165) is 32.5 Å². The van der Waals surface area contributed by atoms with E-state index in [-0.39, 0.29) is 0 Å². The van der Waals surface area contributed by atoms with Crippen molar-refractivity contribution in [2.75, 3.05) is 13.1 Å². The molecule has 1 N–H and O–H groups in total. The quantitative estimate of drug-likeness (QED) is 0.606. The SMILES string of the molecule is C=CCNCC[C@@H]1CCC(=O)N1Cc1cccs1. The number of nitrogens with one attached hydrogen (secondary N) is 1. The zero-order chi connectivity index (χ0) is 12.8. The molecule has 1 aromatic rings. The summed E-state index contributed by atoms with van der Waals surface area (Å²) in [5.74, 6) is 0.303. The Morgan fingerprint density at radius 1 is 1.61 bits per heavy atom. The van der Waals surface area contributed by atoms with Crippen LogP contribution in [-0.4, -0.2) is 29.9 Å². The van der Waals surface area contributed by atoms with E-state index in [2.05, 4.69) is 23.3 Å². The fourth-order valence-electron chi connectivity index (χ4n) is 2.35. The zero-order valence-corrected chi connectivity index (χ0v) is 11.4. The summed E-state index contributed by atoms with van der Waals surface area (Å²) in [7, 11) is 0. The van der Waals surface area contributed by atoms with Gasteiger partial charge in [0.15, 0.2) is 0 Å². The van der Waals surface area contributed by atoms with Crippen molar-refractivity contribution in [2.24, 2.45) is 0 Å². The molecule has 1 aliphatic heterocycles. The number of carbonyl (C=O) groups excluding carboxylic acids is 1. The van der Waals surface area contributed by atoms with E-state index >= 15 is 0 Å². The van der Waals surface area contributed by atoms with Gasteiger partial charge in [0.25, 0.3) is 0 Å². The molecular weight excluding hydrogens is 244 g/mol. The average Bonchev–Trinajstić information content (AvgIpc) is 2.99. The topological polar surface area (TPSA) is 32.3 Å². The highest BCUT2D eigenvalue weighted by atomic mass is 32.1. The second-order valence-electron chi connectivity index (χ2n) is 4.57. The largest absolute Gasteiger partial charge is 0.335 e. The first-order chi connectivity index (χ1) is 8.81. The molecule has 2 rings (SSSR count). The molecule has 1 aliphatic rings. The van der Waals surface area contributed by atoms with Gasteiger partial charge >= 0.3 is 0 Å². The number of rotatable bonds is 7. The van der Waals surface area contributed by atoms with Gasteiger partial charge in [0.1, 0.15) is 0 Å². The number of hydrogen-bond acceptors (Lipinski definition) is 3. The average molecular weight is 264 g/mol. The van der Waals surface area contributed by atoms with Gasteiger partial charge in [-0.1, -0.05) is 12.1 Å². The molecule has 1 amide bonds. The van der Waals surface area contributed by atoms with Crippen molar-refractivity contribution >= 4 is 17.2 Å². The van der Waals surface area contributed by atoms with Crippen molar-refractivity contribution in [2.45, 2.75) is 31.8 Å². The summed E-state index contributed by atoms with van der Waals surface area (Å²) < 4.78 is 0. The first-order valence-electron chi connectivity index (χ1n) is 6.44. The summed E-state index contributed by atoms with van der Waals surface area (Å²) in [5, 5.41) is 5.37. The van der Waals surface area contributed by atoms with Crippen molar-refractivity contribution in [3.63, 3.8) is 0 Å². The van der Waals surface area contributed by atoms with Gasteiger partial charge < -0.3 is 10.2 Å². The van der Waals surface area contributed by atoms with Gasteiger partial charge in [-0.15, -0.1) is 17.9 Å². The Labute approximate surface area is 112 Å². The minimum Gasteiger partial charge on any atom is -0.335 e. The molecule has 1 aromatic heterocycles. The highest BCUT2D eigenvalue weighted by molar-refractivity contribution is 7.09. The molecule has 4 heteroatoms. The first-order valence-corrected chi connectivity index (χ1v) is 7.32. The second kappa shape index (κ2) is 6.71. The van der Waals surface area contributed by atoms with E-state index < -0.39 is 0 Å². The molecule has 3 nitrogen and oxygen atoms in total. The van der Waals surface area contributed by atoms with Gasteiger partial charge in [-0.3, -0.25) is 4.79 Å². The van der Waals surface area contributed by atoms with Crippen LogP contribution in [0.2, 0.25) is 0 Å². The van der Waals surface area contributed by atoms with Crippen molar-refractivity contribution in [1.29, 1.82) is 0 Å². The Kier molecular flexibility index (Phi) is 4.96. The maximum absolute atomic E-state index is 11.9. The number of thiophene rings is 1. The molecule has 18 heavy (non-hydrogen) atoms. The minimum atomic E-state index is 0.303. The second-order valence-corrected chi connectivity index (χ2v) is 5.61. The smallest absolute Gasteiger partial charge is 0.223 e. The van der Waals surface area contributed by atoms with Crippen molar-refractivity contribution in [3.05, 3.63) is 35.0 Å². The third-order valence-corrected chi connectivity index (χ3v) is 4.16. The minimum absolute atomic E-state index is 0.303. The Bertz CT molecular complexity index is 389. The highest BCUT2D eigenvalue weighted by Crippen LogP contribution is 2.24. The fourth-order valence-corrected chi connectivity index (χ4v) is 3.06. The van der Waals surface area contributed by atoms with E-state index in [1.165, 1.54) is 4.88 Å². The van der Waals surface area contributed by atoms with Crippen LogP contribution in [0, 0.1) is 0 Å². The molecule has 0 spiro atoms. The Morgan fingerprint density at radius 3 is 3.22 bits per heavy atom. The summed E-state index contributed by atoms with van der Waals surface area (Å²) in [6.07, 6.45) is 4.60. The van der Waals surface area contributed by atoms with Crippen molar-refractivity contribution in [3.8, 4) is 0 Å². The highest BCUT2D eigenvalue weighted by Gasteiger charge is 2.30. The van der Waals surface area contributed by atoms with Gasteiger partial charge in [-0.25, -0.2) is 0 Å². The summed E-state index contributed by atoms with van der Waals surface area (Å²) in [6.45, 7) is 6.25. The summed E-state index contributed by atoms with van der Waals surface area (Å²) >= 11 is 1.72. The molecule has 0 aliphatic carbocycles. The number of nitrogens with zero attached hydrogens (tertiary/aromatic N) is 1. The normalized spacial score (nSPS) is 19.4. The van der Waals surface area contributed by atoms with Crippen LogP contribution in [0.5, 0.6) is 0 Å². The Morgan fingerprint density at radius 2 is 2.50 bits per heavy atom. The van der Waals surface area contributed by atoms with Gasteiger partial charge in [0.05, 0.1) is 6.54 Å². The maximum Gasteiger partial charge on any atom is 0.223 e. The molecule has 2 heterocycles. The lowest BCUT2D eigenvalue weighted by molar-refractivity contribution is -0.129. The van der Waals surface area contributed by atoms with Gasteiger partial charge in [0.2, 0.25) is 5.91 Å². The Hall–Kier alpha value is -1.13. The molecule has 0 aromatic carbocycles. The first kappa shape index (κ1) is 13.3. The lowest BCUT2D eigenvalue weighted by atomic mass is 10.1. The van der Waals surface area contributed by atoms with Crippen LogP contribution in [0.1, 0.15) is 24.1 Å². The van der Waals surface area contributed by atoms with E-state index in [4.69, 9.17) is 0 Å². The molecule has 1 atom stereocenters. The van der Waals surface area contributed by atoms with Crippen molar-refractivity contribution in [1.82, 2.24) is 10.2 Å². The molecule has 1 fully saturated rings. The third kappa shape index (κ3) is 3.43. The fraction of sp³-hybridized carbons (Fsp3) is 0.500. The van der Waals surface area contributed by atoms with Crippen LogP contribution in [0.25, 0.3) is 0 Å². The number of hydrogen-bond donors (Lipinski definition) is 1. The molecule has 0 radical (unpaired) electrons. The molecule has 0 bridgehead atoms. The van der Waals surface area contributed by atoms with Crippen LogP contribution in [0.3, 0.4) is 0 Å². The monoisotopic (exact) mass is 264 g/mol. The summed E-state index contributed by atoms with van der Waals surface area (Å²) in [4.78, 5) is 15.2. The molecule has 1 saturated heterocycles. The summed E-state index contributed by atoms with van der Waals surface area (Å²) in [5.41, 5.74) is 0. The van der Waals surface area contributed by atoms with Gasteiger partial charge in [-0.05, 0) is 30.8 Å². The summed E-state index contributed by atoms with van der Waals surface area (Å²) in [6, 6.07) is 4.54. The van der Waals surface area contributed by atoms with Crippen LogP contribution in [0.15, 0.2) is 30.2 Å². The standard InChI is InChI=1S/C14H20N2OS/c1-2-8-15-9-7-12-5-6-14(17)16(12)11-13-4-3-10-18-13/h2-4,10,12,15H,1,5-9,11H2/t12-/m0/s1. The lowest BCUT2D eigenvalue weighted by Crippen LogP contribution is -2.34. The van der Waals surface area contributed by atoms with E-state index in [1.807, 2.05) is 17.0 Å². The van der Waals surface area contributed by atoms with Crippen LogP contribution >= 0.6 is 11.3 Å². The van der Waals surface area contributed by atoms with Gasteiger partial charge in [-0.2, -0.15) is 0 Å².